The molecular formula is C15H22O10. The summed E-state index contributed by atoms with van der Waals surface area (Å²) in [6, 6.07) is 6.67. The van der Waals surface area contributed by atoms with Crippen molar-refractivity contribution >= 4 is 0 Å². The third kappa shape index (κ3) is 4.41. The molecule has 2 atom stereocenters. The molecule has 0 aromatic heterocycles. The van der Waals surface area contributed by atoms with Crippen LogP contribution in [0.15, 0.2) is 30.3 Å². The molecule has 0 unspecified atom stereocenters. The van der Waals surface area contributed by atoms with Gasteiger partial charge in [-0.2, -0.15) is 0 Å². The van der Waals surface area contributed by atoms with Crippen LogP contribution >= 0.6 is 0 Å². The van der Waals surface area contributed by atoms with E-state index in [9.17, 15) is 25.5 Å². The fourth-order valence-corrected chi connectivity index (χ4v) is 2.47. The molecule has 0 spiro atoms. The minimum Gasteiger partial charge on any atom is -0.508 e. The molecule has 25 heavy (non-hydrogen) atoms. The molecule has 0 bridgehead atoms. The van der Waals surface area contributed by atoms with Gasteiger partial charge in [-0.05, 0) is 17.7 Å². The van der Waals surface area contributed by atoms with E-state index in [0.29, 0.717) is 11.1 Å². The van der Waals surface area contributed by atoms with E-state index in [-0.39, 0.29) is 57.1 Å². The third-order valence-electron chi connectivity index (χ3n) is 3.51. The summed E-state index contributed by atoms with van der Waals surface area (Å²) in [7, 11) is 0. The van der Waals surface area contributed by atoms with Crippen molar-refractivity contribution in [2.24, 2.45) is 0 Å². The predicted octanol–water partition coefficient (Wildman–Crippen LogP) is -1.75. The van der Waals surface area contributed by atoms with Crippen LogP contribution in [0.25, 0.3) is 0 Å². The van der Waals surface area contributed by atoms with E-state index < -0.39 is 12.2 Å². The minimum atomic E-state index is -0.933. The summed E-state index contributed by atoms with van der Waals surface area (Å²) < 4.78 is 5.62. The Balaban J connectivity index is 0. The van der Waals surface area contributed by atoms with Crippen molar-refractivity contribution < 1.29 is 52.2 Å². The van der Waals surface area contributed by atoms with Crippen LogP contribution in [0.1, 0.15) is 17.2 Å². The standard InChI is InChI=1S/C15H14O6.4H2O/c16-8-4-11(18)9-6-13(20)15(21-14(9)5-8)7-1-2-10(17)12(19)3-7;;;;/h1-5,13,15-20H,6H2;4*1H2/t13-,15+;;;;/m0..../s1. The van der Waals surface area contributed by atoms with Crippen molar-refractivity contribution in [2.75, 3.05) is 0 Å². The second-order valence-electron chi connectivity index (χ2n) is 5.00. The Kier molecular flexibility index (Phi) is 8.73. The van der Waals surface area contributed by atoms with Crippen LogP contribution in [0, 0.1) is 0 Å². The summed E-state index contributed by atoms with van der Waals surface area (Å²) in [5, 5.41) is 48.3. The van der Waals surface area contributed by atoms with Crippen LogP contribution in [0.2, 0.25) is 0 Å². The second kappa shape index (κ2) is 8.92. The lowest BCUT2D eigenvalue weighted by Crippen LogP contribution is -2.30. The third-order valence-corrected chi connectivity index (χ3v) is 3.51. The highest BCUT2D eigenvalue weighted by atomic mass is 16.5. The molecule has 3 rings (SSSR count). The molecule has 1 aliphatic heterocycles. The highest BCUT2D eigenvalue weighted by molar-refractivity contribution is 5.52. The van der Waals surface area contributed by atoms with E-state index in [1.165, 1.54) is 30.3 Å². The van der Waals surface area contributed by atoms with Gasteiger partial charge in [-0.1, -0.05) is 6.07 Å². The first-order valence-electron chi connectivity index (χ1n) is 6.37. The van der Waals surface area contributed by atoms with Gasteiger partial charge in [0.05, 0.1) is 6.10 Å². The van der Waals surface area contributed by atoms with Crippen molar-refractivity contribution in [3.8, 4) is 28.7 Å². The van der Waals surface area contributed by atoms with E-state index >= 15 is 0 Å². The number of phenolic OH excluding ortho intramolecular Hbond substituents is 4. The fraction of sp³-hybridized carbons (Fsp3) is 0.200. The summed E-state index contributed by atoms with van der Waals surface area (Å²) in [4.78, 5) is 0. The molecule has 1 heterocycles. The Morgan fingerprint density at radius 3 is 2.04 bits per heavy atom. The number of hydrogen-bond donors (Lipinski definition) is 5. The second-order valence-corrected chi connectivity index (χ2v) is 5.00. The summed E-state index contributed by atoms with van der Waals surface area (Å²) in [5.41, 5.74) is 0.894. The number of hydrogen-bond acceptors (Lipinski definition) is 6. The molecule has 1 aliphatic rings. The molecule has 0 fully saturated rings. The van der Waals surface area contributed by atoms with E-state index in [1.54, 1.807) is 0 Å². The summed E-state index contributed by atoms with van der Waals surface area (Å²) in [6.07, 6.45) is -1.56. The number of rotatable bonds is 1. The highest BCUT2D eigenvalue weighted by Crippen LogP contribution is 2.42. The molecule has 2 aromatic rings. The van der Waals surface area contributed by atoms with Gasteiger partial charge in [0, 0.05) is 24.1 Å². The molecule has 0 aliphatic carbocycles. The number of phenols is 4. The maximum absolute atomic E-state index is 10.2. The van der Waals surface area contributed by atoms with Gasteiger partial charge in [0.2, 0.25) is 0 Å². The highest BCUT2D eigenvalue weighted by Gasteiger charge is 2.32. The topological polar surface area (TPSA) is 236 Å². The number of aromatic hydroxyl groups is 4. The molecule has 10 heteroatoms. The predicted molar refractivity (Wildman–Crippen MR) is 87.1 cm³/mol. The average Bonchev–Trinajstić information content (AvgIpc) is 2.42. The van der Waals surface area contributed by atoms with Gasteiger partial charge in [0.1, 0.15) is 23.4 Å². The molecule has 0 saturated heterocycles. The van der Waals surface area contributed by atoms with Gasteiger partial charge in [-0.15, -0.1) is 0 Å². The first-order chi connectivity index (χ1) is 9.95. The Morgan fingerprint density at radius 2 is 1.44 bits per heavy atom. The zero-order valence-corrected chi connectivity index (χ0v) is 12.9. The average molecular weight is 362 g/mol. The molecule has 13 N–H and O–H groups in total. The van der Waals surface area contributed by atoms with Crippen molar-refractivity contribution in [3.63, 3.8) is 0 Å². The zero-order valence-electron chi connectivity index (χ0n) is 12.9. The van der Waals surface area contributed by atoms with Gasteiger partial charge < -0.3 is 52.2 Å². The molecule has 10 nitrogen and oxygen atoms in total. The normalized spacial score (nSPS) is 17.3. The van der Waals surface area contributed by atoms with Gasteiger partial charge in [0.15, 0.2) is 11.5 Å². The monoisotopic (exact) mass is 362 g/mol. The van der Waals surface area contributed by atoms with Crippen molar-refractivity contribution in [3.05, 3.63) is 41.5 Å². The van der Waals surface area contributed by atoms with E-state index in [0.717, 1.165) is 0 Å². The number of aliphatic hydroxyl groups is 1. The van der Waals surface area contributed by atoms with E-state index in [1.807, 2.05) is 0 Å². The van der Waals surface area contributed by atoms with Crippen LogP contribution < -0.4 is 4.74 Å². The SMILES string of the molecule is O.O.O.O.Oc1cc(O)c2c(c1)O[C@H](c1ccc(O)c(O)c1)[C@@H](O)C2. The van der Waals surface area contributed by atoms with Crippen molar-refractivity contribution in [1.82, 2.24) is 0 Å². The number of benzene rings is 2. The zero-order chi connectivity index (χ0) is 15.1. The van der Waals surface area contributed by atoms with Crippen molar-refractivity contribution in [2.45, 2.75) is 18.6 Å². The number of fused-ring (bicyclic) bond motifs is 1. The van der Waals surface area contributed by atoms with Crippen LogP contribution in [0.4, 0.5) is 0 Å². The summed E-state index contributed by atoms with van der Waals surface area (Å²) in [6.45, 7) is 0. The van der Waals surface area contributed by atoms with Crippen molar-refractivity contribution in [1.29, 1.82) is 0 Å². The first kappa shape index (κ1) is 24.5. The Morgan fingerprint density at radius 1 is 0.800 bits per heavy atom. The Bertz CT molecular complexity index is 703. The Hall–Kier alpha value is -2.76. The number of aliphatic hydroxyl groups excluding tert-OH is 1. The van der Waals surface area contributed by atoms with Crippen LogP contribution in [0.3, 0.4) is 0 Å². The van der Waals surface area contributed by atoms with Gasteiger partial charge in [-0.3, -0.25) is 0 Å². The molecule has 0 saturated carbocycles. The summed E-state index contributed by atoms with van der Waals surface area (Å²) in [5.74, 6) is -0.589. The van der Waals surface area contributed by atoms with Gasteiger partial charge in [0.25, 0.3) is 0 Å². The fourth-order valence-electron chi connectivity index (χ4n) is 2.47. The van der Waals surface area contributed by atoms with Crippen LogP contribution in [-0.2, 0) is 6.42 Å². The first-order valence-corrected chi connectivity index (χ1v) is 6.37. The molecular weight excluding hydrogens is 340 g/mol. The molecule has 142 valence electrons. The maximum Gasteiger partial charge on any atom is 0.157 e. The van der Waals surface area contributed by atoms with E-state index in [2.05, 4.69) is 0 Å². The Labute approximate surface area is 142 Å². The van der Waals surface area contributed by atoms with Crippen LogP contribution in [0.5, 0.6) is 28.7 Å². The lowest BCUT2D eigenvalue weighted by molar-refractivity contribution is 0.0197. The molecule has 2 aromatic carbocycles. The summed E-state index contributed by atoms with van der Waals surface area (Å²) >= 11 is 0. The molecule has 0 amide bonds. The lowest BCUT2D eigenvalue weighted by Gasteiger charge is -2.31. The number of ether oxygens (including phenoxy) is 1. The quantitative estimate of drug-likeness (QED) is 0.368. The van der Waals surface area contributed by atoms with Gasteiger partial charge >= 0.3 is 0 Å². The molecule has 0 radical (unpaired) electrons. The largest absolute Gasteiger partial charge is 0.508 e. The van der Waals surface area contributed by atoms with Crippen LogP contribution in [-0.4, -0.2) is 53.5 Å². The van der Waals surface area contributed by atoms with Gasteiger partial charge in [-0.25, -0.2) is 0 Å². The smallest absolute Gasteiger partial charge is 0.157 e. The maximum atomic E-state index is 10.2. The van der Waals surface area contributed by atoms with E-state index in [4.69, 9.17) is 4.74 Å². The lowest BCUT2D eigenvalue weighted by atomic mass is 9.94. The minimum absolute atomic E-state index is 0.